The van der Waals surface area contributed by atoms with Crippen molar-refractivity contribution < 1.29 is 8.42 Å². The molecule has 102 valence electrons. The monoisotopic (exact) mass is 263 g/mol. The lowest BCUT2D eigenvalue weighted by Gasteiger charge is -2.26. The molecule has 0 aromatic carbocycles. The van der Waals surface area contributed by atoms with Gasteiger partial charge in [-0.1, -0.05) is 13.8 Å². The minimum atomic E-state index is -3.27. The third kappa shape index (κ3) is 4.91. The fourth-order valence-electron chi connectivity index (χ4n) is 1.98. The molecule has 17 heavy (non-hydrogen) atoms. The molecule has 1 fully saturated rings. The van der Waals surface area contributed by atoms with Crippen LogP contribution in [0.4, 0.5) is 0 Å². The topological polar surface area (TPSA) is 75.4 Å². The van der Waals surface area contributed by atoms with Crippen LogP contribution in [0.1, 0.15) is 39.5 Å². The molecule has 1 aliphatic rings. The Bertz CT molecular complexity index is 322. The van der Waals surface area contributed by atoms with E-state index < -0.39 is 10.2 Å². The highest BCUT2D eigenvalue weighted by atomic mass is 32.2. The first-order valence-corrected chi connectivity index (χ1v) is 7.76. The van der Waals surface area contributed by atoms with Gasteiger partial charge in [-0.05, 0) is 37.6 Å². The van der Waals surface area contributed by atoms with E-state index in [2.05, 4.69) is 18.6 Å². The van der Waals surface area contributed by atoms with Gasteiger partial charge in [0.25, 0.3) is 10.2 Å². The predicted octanol–water partition coefficient (Wildman–Crippen LogP) is 0.682. The third-order valence-electron chi connectivity index (χ3n) is 3.20. The van der Waals surface area contributed by atoms with E-state index in [1.54, 1.807) is 0 Å². The first kappa shape index (κ1) is 14.9. The molecule has 0 saturated carbocycles. The van der Waals surface area contributed by atoms with Crippen LogP contribution < -0.4 is 10.5 Å². The van der Waals surface area contributed by atoms with Crippen molar-refractivity contribution in [2.75, 3.05) is 26.2 Å². The smallest absolute Gasteiger partial charge is 0.279 e. The highest BCUT2D eigenvalue weighted by Gasteiger charge is 2.27. The van der Waals surface area contributed by atoms with Crippen molar-refractivity contribution in [2.45, 2.75) is 39.5 Å². The lowest BCUT2D eigenvalue weighted by atomic mass is 9.88. The minimum absolute atomic E-state index is 0.0356. The van der Waals surface area contributed by atoms with Gasteiger partial charge in [-0.2, -0.15) is 12.7 Å². The second-order valence-corrected chi connectivity index (χ2v) is 7.24. The van der Waals surface area contributed by atoms with Crippen molar-refractivity contribution in [2.24, 2.45) is 11.1 Å². The number of rotatable bonds is 7. The Morgan fingerprint density at radius 3 is 2.41 bits per heavy atom. The van der Waals surface area contributed by atoms with E-state index in [0.717, 1.165) is 25.7 Å². The van der Waals surface area contributed by atoms with E-state index in [9.17, 15) is 8.42 Å². The molecule has 1 saturated heterocycles. The molecule has 0 amide bonds. The molecule has 0 aromatic rings. The summed E-state index contributed by atoms with van der Waals surface area (Å²) in [5.74, 6) is 0. The van der Waals surface area contributed by atoms with E-state index in [1.807, 2.05) is 0 Å². The number of nitrogens with two attached hydrogens (primary N) is 1. The van der Waals surface area contributed by atoms with Gasteiger partial charge in [0.2, 0.25) is 0 Å². The van der Waals surface area contributed by atoms with Gasteiger partial charge in [0.15, 0.2) is 0 Å². The van der Waals surface area contributed by atoms with Crippen LogP contribution in [0.25, 0.3) is 0 Å². The van der Waals surface area contributed by atoms with Gasteiger partial charge in [0.1, 0.15) is 0 Å². The van der Waals surface area contributed by atoms with Gasteiger partial charge in [0.05, 0.1) is 0 Å². The molecule has 3 N–H and O–H groups in total. The highest BCUT2D eigenvalue weighted by molar-refractivity contribution is 7.87. The molecule has 1 heterocycles. The molecule has 5 nitrogen and oxygen atoms in total. The summed E-state index contributed by atoms with van der Waals surface area (Å²) < 4.78 is 28.1. The summed E-state index contributed by atoms with van der Waals surface area (Å²) in [6, 6.07) is 0. The Balaban J connectivity index is 2.43. The number of hydrogen-bond acceptors (Lipinski definition) is 3. The summed E-state index contributed by atoms with van der Waals surface area (Å²) in [6.45, 7) is 6.57. The first-order valence-electron chi connectivity index (χ1n) is 6.32. The third-order valence-corrected chi connectivity index (χ3v) is 4.75. The predicted molar refractivity (Wildman–Crippen MR) is 69.8 cm³/mol. The molecular weight excluding hydrogens is 238 g/mol. The van der Waals surface area contributed by atoms with Crippen molar-refractivity contribution in [3.8, 4) is 0 Å². The lowest BCUT2D eigenvalue weighted by molar-refractivity contribution is 0.322. The van der Waals surface area contributed by atoms with Crippen molar-refractivity contribution in [1.29, 1.82) is 0 Å². The van der Waals surface area contributed by atoms with Crippen LogP contribution in [0.5, 0.6) is 0 Å². The van der Waals surface area contributed by atoms with Crippen molar-refractivity contribution in [3.63, 3.8) is 0 Å². The first-order chi connectivity index (χ1) is 7.87. The van der Waals surface area contributed by atoms with Crippen molar-refractivity contribution >= 4 is 10.2 Å². The molecule has 0 aliphatic carbocycles. The molecule has 0 radical (unpaired) electrons. The average molecular weight is 263 g/mol. The van der Waals surface area contributed by atoms with Gasteiger partial charge in [-0.3, -0.25) is 0 Å². The maximum Gasteiger partial charge on any atom is 0.279 e. The summed E-state index contributed by atoms with van der Waals surface area (Å²) >= 11 is 0. The average Bonchev–Trinajstić information content (AvgIpc) is 2.78. The SMILES string of the molecule is CC(C)(CCCN)CNS(=O)(=O)N1CCCC1. The van der Waals surface area contributed by atoms with E-state index in [1.165, 1.54) is 4.31 Å². The summed E-state index contributed by atoms with van der Waals surface area (Å²) in [6.07, 6.45) is 3.80. The molecule has 1 aliphatic heterocycles. The van der Waals surface area contributed by atoms with E-state index in [-0.39, 0.29) is 5.41 Å². The Labute approximate surface area is 105 Å². The molecule has 0 unspecified atom stereocenters. The second kappa shape index (κ2) is 6.13. The molecule has 6 heteroatoms. The van der Waals surface area contributed by atoms with Gasteiger partial charge < -0.3 is 5.73 Å². The van der Waals surface area contributed by atoms with Gasteiger partial charge in [-0.25, -0.2) is 4.72 Å². The zero-order valence-corrected chi connectivity index (χ0v) is 11.7. The quantitative estimate of drug-likeness (QED) is 0.709. The molecular formula is C11H25N3O2S. The van der Waals surface area contributed by atoms with E-state index in [4.69, 9.17) is 5.73 Å². The van der Waals surface area contributed by atoms with Crippen molar-refractivity contribution in [1.82, 2.24) is 9.03 Å². The van der Waals surface area contributed by atoms with Crippen LogP contribution in [0, 0.1) is 5.41 Å². The Kier molecular flexibility index (Phi) is 5.37. The van der Waals surface area contributed by atoms with E-state index in [0.29, 0.717) is 26.2 Å². The van der Waals surface area contributed by atoms with Crippen LogP contribution in [0.15, 0.2) is 0 Å². The largest absolute Gasteiger partial charge is 0.330 e. The zero-order chi connectivity index (χ0) is 12.9. The van der Waals surface area contributed by atoms with Crippen LogP contribution in [0.3, 0.4) is 0 Å². The summed E-state index contributed by atoms with van der Waals surface area (Å²) in [7, 11) is -3.27. The summed E-state index contributed by atoms with van der Waals surface area (Å²) in [4.78, 5) is 0. The summed E-state index contributed by atoms with van der Waals surface area (Å²) in [5, 5.41) is 0. The standard InChI is InChI=1S/C11H25N3O2S/c1-11(2,6-5-7-12)10-13-17(15,16)14-8-3-4-9-14/h13H,3-10,12H2,1-2H3. The second-order valence-electron chi connectivity index (χ2n) is 5.49. The van der Waals surface area contributed by atoms with Crippen LogP contribution >= 0.6 is 0 Å². The molecule has 0 bridgehead atoms. The van der Waals surface area contributed by atoms with Crippen molar-refractivity contribution in [3.05, 3.63) is 0 Å². The van der Waals surface area contributed by atoms with Gasteiger partial charge in [-0.15, -0.1) is 0 Å². The number of nitrogens with one attached hydrogen (secondary N) is 1. The van der Waals surface area contributed by atoms with Crippen LogP contribution in [-0.4, -0.2) is 38.9 Å². The van der Waals surface area contributed by atoms with Crippen LogP contribution in [-0.2, 0) is 10.2 Å². The Hall–Kier alpha value is -0.170. The molecule has 0 atom stereocenters. The maximum atomic E-state index is 11.9. The fourth-order valence-corrected chi connectivity index (χ4v) is 3.47. The lowest BCUT2D eigenvalue weighted by Crippen LogP contribution is -2.43. The maximum absolute atomic E-state index is 11.9. The molecule has 1 rings (SSSR count). The summed E-state index contributed by atoms with van der Waals surface area (Å²) in [5.41, 5.74) is 5.43. The molecule has 0 aromatic heterocycles. The van der Waals surface area contributed by atoms with E-state index >= 15 is 0 Å². The fraction of sp³-hybridized carbons (Fsp3) is 1.00. The van der Waals surface area contributed by atoms with Crippen LogP contribution in [0.2, 0.25) is 0 Å². The normalized spacial score (nSPS) is 18.8. The Morgan fingerprint density at radius 1 is 1.29 bits per heavy atom. The zero-order valence-electron chi connectivity index (χ0n) is 10.9. The Morgan fingerprint density at radius 2 is 1.88 bits per heavy atom. The minimum Gasteiger partial charge on any atom is -0.330 e. The number of nitrogens with zero attached hydrogens (tertiary/aromatic N) is 1. The van der Waals surface area contributed by atoms with Gasteiger partial charge in [0, 0.05) is 19.6 Å². The molecule has 0 spiro atoms. The van der Waals surface area contributed by atoms with Gasteiger partial charge >= 0.3 is 0 Å². The highest BCUT2D eigenvalue weighted by Crippen LogP contribution is 2.21. The number of hydrogen-bond donors (Lipinski definition) is 2.